The van der Waals surface area contributed by atoms with Gasteiger partial charge < -0.3 is 14.6 Å². The fourth-order valence-corrected chi connectivity index (χ4v) is 3.32. The normalized spacial score (nSPS) is 10.6. The summed E-state index contributed by atoms with van der Waals surface area (Å²) < 4.78 is 7.06. The van der Waals surface area contributed by atoms with Gasteiger partial charge in [0.25, 0.3) is 0 Å². The zero-order valence-electron chi connectivity index (χ0n) is 15.4. The molecular weight excluding hydrogens is 360 g/mol. The van der Waals surface area contributed by atoms with Gasteiger partial charge in [0.15, 0.2) is 5.16 Å². The summed E-state index contributed by atoms with van der Waals surface area (Å²) in [5, 5.41) is 12.1. The molecule has 1 aromatic heterocycles. The van der Waals surface area contributed by atoms with Gasteiger partial charge in [0.05, 0.1) is 12.9 Å². The van der Waals surface area contributed by atoms with Crippen molar-refractivity contribution in [2.75, 3.05) is 18.2 Å². The van der Waals surface area contributed by atoms with Crippen LogP contribution in [0.4, 0.5) is 5.69 Å². The first-order chi connectivity index (χ1) is 13.2. The van der Waals surface area contributed by atoms with Crippen LogP contribution in [0.3, 0.4) is 0 Å². The van der Waals surface area contributed by atoms with Crippen LogP contribution in [0.1, 0.15) is 11.4 Å². The summed E-state index contributed by atoms with van der Waals surface area (Å²) in [6.45, 7) is 0. The summed E-state index contributed by atoms with van der Waals surface area (Å²) in [6.07, 6.45) is 1.72. The molecule has 0 radical (unpaired) electrons. The molecule has 0 atom stereocenters. The molecule has 0 fully saturated rings. The van der Waals surface area contributed by atoms with Crippen molar-refractivity contribution in [3.63, 3.8) is 0 Å². The molecule has 1 amide bonds. The zero-order valence-corrected chi connectivity index (χ0v) is 16.2. The van der Waals surface area contributed by atoms with Crippen LogP contribution in [0.25, 0.3) is 0 Å². The largest absolute Gasteiger partial charge is 0.497 e. The average molecular weight is 382 g/mol. The lowest BCUT2D eigenvalue weighted by atomic mass is 10.1. The third kappa shape index (κ3) is 5.34. The van der Waals surface area contributed by atoms with Crippen molar-refractivity contribution in [2.24, 2.45) is 7.05 Å². The number of methoxy groups -OCH3 is 1. The number of hydrogen-bond donors (Lipinski definition) is 1. The lowest BCUT2D eigenvalue weighted by Crippen LogP contribution is -2.14. The lowest BCUT2D eigenvalue weighted by Gasteiger charge is -2.06. The van der Waals surface area contributed by atoms with Gasteiger partial charge in [-0.2, -0.15) is 0 Å². The summed E-state index contributed by atoms with van der Waals surface area (Å²) in [7, 11) is 3.54. The molecule has 140 valence electrons. The molecule has 0 aliphatic heterocycles. The first kappa shape index (κ1) is 19.0. The fourth-order valence-electron chi connectivity index (χ4n) is 2.59. The Kier molecular flexibility index (Phi) is 6.49. The predicted molar refractivity (Wildman–Crippen MR) is 107 cm³/mol. The molecule has 0 saturated heterocycles. The Balaban J connectivity index is 1.50. The Bertz CT molecular complexity index is 879. The number of anilines is 1. The molecule has 3 aromatic rings. The van der Waals surface area contributed by atoms with E-state index in [1.807, 2.05) is 54.1 Å². The number of benzene rings is 2. The maximum absolute atomic E-state index is 12.1. The van der Waals surface area contributed by atoms with E-state index in [2.05, 4.69) is 27.6 Å². The molecule has 1 heterocycles. The second-order valence-electron chi connectivity index (χ2n) is 6.01. The minimum Gasteiger partial charge on any atom is -0.497 e. The van der Waals surface area contributed by atoms with Crippen LogP contribution in [0.5, 0.6) is 5.75 Å². The van der Waals surface area contributed by atoms with Crippen molar-refractivity contribution in [1.29, 1.82) is 0 Å². The van der Waals surface area contributed by atoms with Gasteiger partial charge in [0.1, 0.15) is 11.6 Å². The van der Waals surface area contributed by atoms with Crippen LogP contribution in [0.2, 0.25) is 0 Å². The highest BCUT2D eigenvalue weighted by Crippen LogP contribution is 2.18. The highest BCUT2D eigenvalue weighted by atomic mass is 32.2. The highest BCUT2D eigenvalue weighted by Gasteiger charge is 2.12. The molecule has 2 aromatic carbocycles. The number of ether oxygens (including phenoxy) is 1. The van der Waals surface area contributed by atoms with Crippen LogP contribution in [0, 0.1) is 0 Å². The third-order valence-electron chi connectivity index (χ3n) is 4.11. The summed E-state index contributed by atoms with van der Waals surface area (Å²) in [6, 6.07) is 17.5. The SMILES string of the molecule is COc1ccc(NC(=O)CSc2nnc(CCc3ccccc3)n2C)cc1. The molecule has 7 heteroatoms. The van der Waals surface area contributed by atoms with Gasteiger partial charge in [0.2, 0.25) is 5.91 Å². The number of carbonyl (C=O) groups excluding carboxylic acids is 1. The third-order valence-corrected chi connectivity index (χ3v) is 5.13. The van der Waals surface area contributed by atoms with E-state index >= 15 is 0 Å². The van der Waals surface area contributed by atoms with Crippen molar-refractivity contribution in [3.8, 4) is 5.75 Å². The predicted octanol–water partition coefficient (Wildman–Crippen LogP) is 3.34. The number of amides is 1. The Morgan fingerprint density at radius 1 is 1.07 bits per heavy atom. The molecule has 6 nitrogen and oxygen atoms in total. The number of hydrogen-bond acceptors (Lipinski definition) is 5. The van der Waals surface area contributed by atoms with E-state index in [1.54, 1.807) is 7.11 Å². The number of thioether (sulfide) groups is 1. The van der Waals surface area contributed by atoms with Gasteiger partial charge in [-0.15, -0.1) is 10.2 Å². The van der Waals surface area contributed by atoms with Crippen molar-refractivity contribution < 1.29 is 9.53 Å². The molecular formula is C20H22N4O2S. The van der Waals surface area contributed by atoms with Crippen LogP contribution < -0.4 is 10.1 Å². The van der Waals surface area contributed by atoms with E-state index in [9.17, 15) is 4.79 Å². The summed E-state index contributed by atoms with van der Waals surface area (Å²) in [5.41, 5.74) is 2.01. The Hall–Kier alpha value is -2.80. The summed E-state index contributed by atoms with van der Waals surface area (Å²) in [4.78, 5) is 12.1. The lowest BCUT2D eigenvalue weighted by molar-refractivity contribution is -0.113. The standard InChI is InChI=1S/C20H22N4O2S/c1-24-18(13-8-15-6-4-3-5-7-15)22-23-20(24)27-14-19(25)21-16-9-11-17(26-2)12-10-16/h3-7,9-12H,8,13-14H2,1-2H3,(H,21,25). The number of carbonyl (C=O) groups is 1. The Morgan fingerprint density at radius 2 is 1.81 bits per heavy atom. The number of rotatable bonds is 8. The average Bonchev–Trinajstić information content (AvgIpc) is 3.06. The first-order valence-corrected chi connectivity index (χ1v) is 9.63. The van der Waals surface area contributed by atoms with Gasteiger partial charge in [-0.3, -0.25) is 4.79 Å². The summed E-state index contributed by atoms with van der Waals surface area (Å²) in [5.74, 6) is 1.86. The van der Waals surface area contributed by atoms with Crippen molar-refractivity contribution >= 4 is 23.4 Å². The smallest absolute Gasteiger partial charge is 0.234 e. The second kappa shape index (κ2) is 9.23. The van der Waals surface area contributed by atoms with Gasteiger partial charge in [-0.1, -0.05) is 42.1 Å². The van der Waals surface area contributed by atoms with Gasteiger partial charge in [-0.25, -0.2) is 0 Å². The minimum absolute atomic E-state index is 0.0843. The molecule has 1 N–H and O–H groups in total. The van der Waals surface area contributed by atoms with E-state index in [0.29, 0.717) is 0 Å². The van der Waals surface area contributed by atoms with E-state index in [-0.39, 0.29) is 11.7 Å². The minimum atomic E-state index is -0.0843. The second-order valence-corrected chi connectivity index (χ2v) is 6.95. The first-order valence-electron chi connectivity index (χ1n) is 8.64. The van der Waals surface area contributed by atoms with Crippen LogP contribution >= 0.6 is 11.8 Å². The van der Waals surface area contributed by atoms with Crippen molar-refractivity contribution in [3.05, 3.63) is 66.0 Å². The zero-order chi connectivity index (χ0) is 19.1. The monoisotopic (exact) mass is 382 g/mol. The van der Waals surface area contributed by atoms with Crippen LogP contribution in [-0.4, -0.2) is 33.5 Å². The van der Waals surface area contributed by atoms with Crippen molar-refractivity contribution in [1.82, 2.24) is 14.8 Å². The maximum Gasteiger partial charge on any atom is 0.234 e. The molecule has 0 aliphatic rings. The van der Waals surface area contributed by atoms with Gasteiger partial charge in [-0.05, 0) is 36.2 Å². The molecule has 3 rings (SSSR count). The van der Waals surface area contributed by atoms with Gasteiger partial charge in [0, 0.05) is 19.2 Å². The number of nitrogens with zero attached hydrogens (tertiary/aromatic N) is 3. The highest BCUT2D eigenvalue weighted by molar-refractivity contribution is 7.99. The summed E-state index contributed by atoms with van der Waals surface area (Å²) >= 11 is 1.38. The quantitative estimate of drug-likeness (QED) is 0.605. The topological polar surface area (TPSA) is 69.0 Å². The maximum atomic E-state index is 12.1. The van der Waals surface area contributed by atoms with Crippen LogP contribution in [0.15, 0.2) is 59.8 Å². The fraction of sp³-hybridized carbons (Fsp3) is 0.250. The number of aromatic nitrogens is 3. The Morgan fingerprint density at radius 3 is 2.52 bits per heavy atom. The number of nitrogens with one attached hydrogen (secondary N) is 1. The molecule has 0 bridgehead atoms. The van der Waals surface area contributed by atoms with Crippen molar-refractivity contribution in [2.45, 2.75) is 18.0 Å². The molecule has 27 heavy (non-hydrogen) atoms. The molecule has 0 saturated carbocycles. The Labute approximate surface area is 163 Å². The van der Waals surface area contributed by atoms with E-state index < -0.39 is 0 Å². The van der Waals surface area contributed by atoms with E-state index in [1.165, 1.54) is 17.3 Å². The molecule has 0 aliphatic carbocycles. The number of aryl methyl sites for hydroxylation is 2. The van der Waals surface area contributed by atoms with E-state index in [4.69, 9.17) is 4.74 Å². The van der Waals surface area contributed by atoms with Crippen LogP contribution in [-0.2, 0) is 24.7 Å². The molecule has 0 spiro atoms. The molecule has 0 unspecified atom stereocenters. The van der Waals surface area contributed by atoms with Gasteiger partial charge >= 0.3 is 0 Å². The van der Waals surface area contributed by atoms with E-state index in [0.717, 1.165) is 35.3 Å².